The largest absolute Gasteiger partial charge is 0.353 e. The maximum Gasteiger partial charge on any atom is 0.320 e. The number of carbonyl (C=O) groups excluding carboxylic acids is 1. The summed E-state index contributed by atoms with van der Waals surface area (Å²) < 4.78 is 14.2. The number of halogens is 1. The van der Waals surface area contributed by atoms with Crippen molar-refractivity contribution >= 4 is 11.8 Å². The van der Waals surface area contributed by atoms with Crippen molar-refractivity contribution in [2.24, 2.45) is 11.8 Å². The molecule has 3 heterocycles. The van der Waals surface area contributed by atoms with Crippen LogP contribution in [-0.2, 0) is 0 Å². The van der Waals surface area contributed by atoms with Gasteiger partial charge in [0.1, 0.15) is 6.33 Å². The Labute approximate surface area is 158 Å². The van der Waals surface area contributed by atoms with Crippen LogP contribution in [0, 0.1) is 24.6 Å². The minimum absolute atomic E-state index is 0.0130. The molecular weight excluding hydrogens is 345 g/mol. The van der Waals surface area contributed by atoms with E-state index >= 15 is 0 Å². The number of hydrogen-bond donors (Lipinski definition) is 0. The second-order valence-corrected chi connectivity index (χ2v) is 7.65. The molecule has 0 bridgehead atoms. The molecule has 3 atom stereocenters. The highest BCUT2D eigenvalue weighted by molar-refractivity contribution is 5.75. The summed E-state index contributed by atoms with van der Waals surface area (Å²) in [6.45, 7) is 4.12. The van der Waals surface area contributed by atoms with Crippen LogP contribution in [0.25, 0.3) is 0 Å². The van der Waals surface area contributed by atoms with E-state index in [1.54, 1.807) is 19.0 Å². The van der Waals surface area contributed by atoms with Crippen LogP contribution in [0.15, 0.2) is 36.8 Å². The number of rotatable bonds is 2. The lowest BCUT2D eigenvalue weighted by molar-refractivity contribution is 0.159. The van der Waals surface area contributed by atoms with Gasteiger partial charge in [-0.05, 0) is 18.1 Å². The Morgan fingerprint density at radius 3 is 2.70 bits per heavy atom. The van der Waals surface area contributed by atoms with E-state index in [0.29, 0.717) is 25.5 Å². The van der Waals surface area contributed by atoms with E-state index in [-0.39, 0.29) is 23.9 Å². The van der Waals surface area contributed by atoms with Gasteiger partial charge in [0.15, 0.2) is 11.6 Å². The summed E-state index contributed by atoms with van der Waals surface area (Å²) in [5, 5.41) is 0. The van der Waals surface area contributed by atoms with Crippen LogP contribution in [0.3, 0.4) is 0 Å². The van der Waals surface area contributed by atoms with Crippen LogP contribution in [0.2, 0.25) is 0 Å². The molecule has 2 aliphatic heterocycles. The fourth-order valence-corrected chi connectivity index (χ4v) is 4.53. The summed E-state index contributed by atoms with van der Waals surface area (Å²) in [6, 6.07) is 8.23. The first-order valence-corrected chi connectivity index (χ1v) is 9.21. The van der Waals surface area contributed by atoms with Crippen molar-refractivity contribution in [3.8, 4) is 0 Å². The van der Waals surface area contributed by atoms with E-state index in [9.17, 15) is 9.18 Å². The van der Waals surface area contributed by atoms with Gasteiger partial charge in [0, 0.05) is 45.6 Å². The lowest BCUT2D eigenvalue weighted by Gasteiger charge is -2.32. The third-order valence-electron chi connectivity index (χ3n) is 5.75. The Bertz CT molecular complexity index is 858. The number of hydrogen-bond acceptors (Lipinski definition) is 4. The molecule has 2 amide bonds. The monoisotopic (exact) mass is 369 g/mol. The first kappa shape index (κ1) is 17.7. The number of likely N-dealkylation sites (tertiary alicyclic amines) is 1. The summed E-state index contributed by atoms with van der Waals surface area (Å²) in [4.78, 5) is 26.3. The maximum absolute atomic E-state index is 14.2. The van der Waals surface area contributed by atoms with Gasteiger partial charge in [-0.15, -0.1) is 0 Å². The average Bonchev–Trinajstić information content (AvgIpc) is 3.20. The number of aryl methyl sites for hydroxylation is 1. The zero-order chi connectivity index (χ0) is 19.1. The molecule has 142 valence electrons. The van der Waals surface area contributed by atoms with Crippen molar-refractivity contribution in [2.45, 2.75) is 13.0 Å². The van der Waals surface area contributed by atoms with E-state index in [2.05, 4.69) is 29.0 Å². The van der Waals surface area contributed by atoms with Crippen molar-refractivity contribution in [2.75, 3.05) is 38.6 Å². The Balaban J connectivity index is 1.68. The van der Waals surface area contributed by atoms with Crippen molar-refractivity contribution in [1.29, 1.82) is 0 Å². The van der Waals surface area contributed by atoms with Crippen LogP contribution in [0.4, 0.5) is 15.0 Å². The molecule has 0 radical (unpaired) electrons. The van der Waals surface area contributed by atoms with Gasteiger partial charge in [0.05, 0.1) is 12.2 Å². The van der Waals surface area contributed by atoms with Gasteiger partial charge < -0.3 is 14.7 Å². The number of urea groups is 1. The third kappa shape index (κ3) is 3.01. The van der Waals surface area contributed by atoms with Crippen LogP contribution in [0.5, 0.6) is 0 Å². The smallest absolute Gasteiger partial charge is 0.320 e. The highest BCUT2D eigenvalue weighted by Gasteiger charge is 2.50. The maximum atomic E-state index is 14.2. The van der Waals surface area contributed by atoms with Gasteiger partial charge in [-0.25, -0.2) is 19.2 Å². The van der Waals surface area contributed by atoms with Crippen molar-refractivity contribution in [3.63, 3.8) is 0 Å². The fraction of sp³-hybridized carbons (Fsp3) is 0.450. The molecule has 0 spiro atoms. The summed E-state index contributed by atoms with van der Waals surface area (Å²) in [5.74, 6) is 0.483. The lowest BCUT2D eigenvalue weighted by Crippen LogP contribution is -2.41. The van der Waals surface area contributed by atoms with Crippen LogP contribution in [0.1, 0.15) is 17.2 Å². The van der Waals surface area contributed by atoms with Crippen LogP contribution >= 0.6 is 0 Å². The lowest BCUT2D eigenvalue weighted by atomic mass is 9.88. The molecule has 0 unspecified atom stereocenters. The Morgan fingerprint density at radius 2 is 2.00 bits per heavy atom. The number of anilines is 1. The van der Waals surface area contributed by atoms with E-state index in [1.807, 2.05) is 21.9 Å². The van der Waals surface area contributed by atoms with Gasteiger partial charge in [0.25, 0.3) is 0 Å². The highest BCUT2D eigenvalue weighted by atomic mass is 19.1. The van der Waals surface area contributed by atoms with E-state index in [1.165, 1.54) is 23.7 Å². The predicted octanol–water partition coefficient (Wildman–Crippen LogP) is 2.72. The normalized spacial score (nSPS) is 24.2. The van der Waals surface area contributed by atoms with E-state index in [0.717, 1.165) is 0 Å². The molecule has 2 aromatic rings. The zero-order valence-electron chi connectivity index (χ0n) is 15.8. The predicted molar refractivity (Wildman–Crippen MR) is 101 cm³/mol. The van der Waals surface area contributed by atoms with Gasteiger partial charge >= 0.3 is 6.03 Å². The highest BCUT2D eigenvalue weighted by Crippen LogP contribution is 2.46. The van der Waals surface area contributed by atoms with Crippen molar-refractivity contribution in [3.05, 3.63) is 53.7 Å². The zero-order valence-corrected chi connectivity index (χ0v) is 15.8. The second kappa shape index (κ2) is 6.79. The number of nitrogens with zero attached hydrogens (tertiary/aromatic N) is 5. The number of aromatic nitrogens is 2. The van der Waals surface area contributed by atoms with E-state index < -0.39 is 5.82 Å². The quantitative estimate of drug-likeness (QED) is 0.817. The summed E-state index contributed by atoms with van der Waals surface area (Å²) >= 11 is 0. The molecule has 2 fully saturated rings. The van der Waals surface area contributed by atoms with Gasteiger partial charge in [-0.1, -0.05) is 24.3 Å². The van der Waals surface area contributed by atoms with Crippen LogP contribution in [-0.4, -0.2) is 59.5 Å². The molecule has 6 nitrogen and oxygen atoms in total. The SMILES string of the molecule is Cc1ccccc1[C@H]1[C@@H]2CN(c3ncncc3F)C[C@@H]2CN1C(=O)N(C)C. The molecule has 0 saturated carbocycles. The third-order valence-corrected chi connectivity index (χ3v) is 5.75. The van der Waals surface area contributed by atoms with Gasteiger partial charge in [-0.3, -0.25) is 0 Å². The fourth-order valence-electron chi connectivity index (χ4n) is 4.53. The first-order valence-electron chi connectivity index (χ1n) is 9.21. The first-order chi connectivity index (χ1) is 13.0. The molecule has 2 saturated heterocycles. The van der Waals surface area contributed by atoms with E-state index in [4.69, 9.17) is 0 Å². The number of carbonyl (C=O) groups is 1. The molecule has 0 N–H and O–H groups in total. The summed E-state index contributed by atoms with van der Waals surface area (Å²) in [7, 11) is 3.57. The minimum Gasteiger partial charge on any atom is -0.353 e. The van der Waals surface area contributed by atoms with Gasteiger partial charge in [-0.2, -0.15) is 0 Å². The summed E-state index contributed by atoms with van der Waals surface area (Å²) in [6.07, 6.45) is 2.59. The average molecular weight is 369 g/mol. The Kier molecular flexibility index (Phi) is 4.45. The number of fused-ring (bicyclic) bond motifs is 1. The molecule has 2 aliphatic rings. The topological polar surface area (TPSA) is 52.6 Å². The minimum atomic E-state index is -0.397. The molecule has 27 heavy (non-hydrogen) atoms. The molecule has 4 rings (SSSR count). The molecule has 1 aromatic carbocycles. The molecule has 1 aromatic heterocycles. The van der Waals surface area contributed by atoms with Gasteiger partial charge in [0.2, 0.25) is 0 Å². The van der Waals surface area contributed by atoms with Crippen LogP contribution < -0.4 is 4.90 Å². The number of amides is 2. The molecule has 0 aliphatic carbocycles. The molecule has 7 heteroatoms. The van der Waals surface area contributed by atoms with Crippen molar-refractivity contribution in [1.82, 2.24) is 19.8 Å². The number of benzene rings is 1. The van der Waals surface area contributed by atoms with Crippen molar-refractivity contribution < 1.29 is 9.18 Å². The Hall–Kier alpha value is -2.70. The second-order valence-electron chi connectivity index (χ2n) is 7.65. The summed E-state index contributed by atoms with van der Waals surface area (Å²) in [5.41, 5.74) is 2.34. The Morgan fingerprint density at radius 1 is 1.22 bits per heavy atom. The molecular formula is C20H24FN5O. The standard InChI is InChI=1S/C20H24FN5O/c1-13-6-4-5-7-15(13)18-16-11-25(19-17(21)8-22-12-23-19)9-14(16)10-26(18)20(27)24(2)3/h4-8,12,14,16,18H,9-11H2,1-3H3/t14-,16-,18+/m1/s1.